The second kappa shape index (κ2) is 6.16. The Bertz CT molecular complexity index is 321. The predicted octanol–water partition coefficient (Wildman–Crippen LogP) is 1.76. The average Bonchev–Trinajstić information content (AvgIpc) is 2.21. The van der Waals surface area contributed by atoms with Gasteiger partial charge in [-0.3, -0.25) is 0 Å². The Morgan fingerprint density at radius 3 is 1.29 bits per heavy atom. The zero-order valence-electron chi connectivity index (χ0n) is 7.63. The average molecular weight is 400 g/mol. The molecule has 0 saturated carbocycles. The fraction of sp³-hybridized carbons (Fsp3) is 0. The number of halogens is 1. The van der Waals surface area contributed by atoms with Crippen LogP contribution in [0, 0.1) is 0 Å². The Hall–Kier alpha value is -0.387. The molecule has 0 aliphatic heterocycles. The van der Waals surface area contributed by atoms with E-state index in [1.807, 2.05) is 0 Å². The van der Waals surface area contributed by atoms with Gasteiger partial charge >= 0.3 is 90.4 Å². The first kappa shape index (κ1) is 11.7. The zero-order chi connectivity index (χ0) is 8.93. The second-order valence-corrected chi connectivity index (χ2v) is 7.67. The van der Waals surface area contributed by atoms with E-state index in [1.54, 1.807) is 6.54 Å². The van der Waals surface area contributed by atoms with Crippen LogP contribution in [0.3, 0.4) is 0 Å². The van der Waals surface area contributed by atoms with Crippen molar-refractivity contribution in [2.45, 2.75) is 0 Å². The molecular weight excluding hydrogens is 389 g/mol. The van der Waals surface area contributed by atoms with E-state index in [9.17, 15) is 0 Å². The van der Waals surface area contributed by atoms with E-state index in [1.165, 1.54) is 0 Å². The van der Waals surface area contributed by atoms with E-state index in [-0.39, 0.29) is 12.4 Å². The summed E-state index contributed by atoms with van der Waals surface area (Å²) in [6, 6.07) is 21.6. The van der Waals surface area contributed by atoms with Gasteiger partial charge < -0.3 is 0 Å². The third-order valence-electron chi connectivity index (χ3n) is 1.77. The first-order chi connectivity index (χ1) is 6.45. The van der Waals surface area contributed by atoms with Crippen molar-refractivity contribution in [1.29, 1.82) is 0 Å². The molecule has 71 valence electrons. The first-order valence-corrected chi connectivity index (χ1v) is 7.75. The standard InChI is InChI=1S/2C6H5.Bi.ClH/c2*1-2-4-6-5-3-1;;/h2*1-5H;;1H. The van der Waals surface area contributed by atoms with Gasteiger partial charge in [-0.2, -0.15) is 0 Å². The molecule has 2 heteroatoms. The Morgan fingerprint density at radius 2 is 0.929 bits per heavy atom. The number of hydrogen-bond acceptors (Lipinski definition) is 0. The molecule has 0 fully saturated rings. The maximum atomic E-state index is 2.24. The van der Waals surface area contributed by atoms with Gasteiger partial charge in [-0.25, -0.2) is 0 Å². The topological polar surface area (TPSA) is 0 Å². The summed E-state index contributed by atoms with van der Waals surface area (Å²) in [5.41, 5.74) is 0. The quantitative estimate of drug-likeness (QED) is 0.675. The van der Waals surface area contributed by atoms with Crippen molar-refractivity contribution >= 4 is 42.2 Å². The van der Waals surface area contributed by atoms with Crippen molar-refractivity contribution in [1.82, 2.24) is 0 Å². The van der Waals surface area contributed by atoms with Crippen LogP contribution in [0.15, 0.2) is 60.7 Å². The van der Waals surface area contributed by atoms with Crippen molar-refractivity contribution in [3.63, 3.8) is 0 Å². The van der Waals surface area contributed by atoms with Gasteiger partial charge in [0.05, 0.1) is 0 Å². The van der Waals surface area contributed by atoms with Crippen LogP contribution in [0.25, 0.3) is 0 Å². The molecule has 0 spiro atoms. The second-order valence-electron chi connectivity index (χ2n) is 2.78. The Labute approximate surface area is 102 Å². The summed E-state index contributed by atoms with van der Waals surface area (Å²) in [5.74, 6) is 0. The molecule has 0 aliphatic rings. The summed E-state index contributed by atoms with van der Waals surface area (Å²) in [5, 5.41) is 0. The normalized spacial score (nSPS) is 9.14. The third kappa shape index (κ3) is 3.40. The molecule has 0 bridgehead atoms. The summed E-state index contributed by atoms with van der Waals surface area (Å²) >= 11 is -0.613. The van der Waals surface area contributed by atoms with Gasteiger partial charge in [-0.05, 0) is 0 Å². The van der Waals surface area contributed by atoms with Gasteiger partial charge in [0.15, 0.2) is 0 Å². The first-order valence-electron chi connectivity index (χ1n) is 4.27. The molecule has 0 aliphatic carbocycles. The van der Waals surface area contributed by atoms with Gasteiger partial charge in [-0.1, -0.05) is 0 Å². The van der Waals surface area contributed by atoms with E-state index < -0.39 is 23.2 Å². The third-order valence-corrected chi connectivity index (χ3v) is 6.10. The molecule has 0 amide bonds. The van der Waals surface area contributed by atoms with Crippen molar-refractivity contribution in [2.24, 2.45) is 0 Å². The van der Waals surface area contributed by atoms with Crippen LogP contribution < -0.4 is 6.54 Å². The monoisotopic (exact) mass is 399 g/mol. The molecule has 14 heavy (non-hydrogen) atoms. The predicted molar refractivity (Wildman–Crippen MR) is 65.2 cm³/mol. The van der Waals surface area contributed by atoms with E-state index in [2.05, 4.69) is 60.7 Å². The van der Waals surface area contributed by atoms with Crippen LogP contribution >= 0.6 is 12.4 Å². The molecule has 2 aromatic rings. The number of benzene rings is 2. The molecular formula is C12H11BiCl. The van der Waals surface area contributed by atoms with Crippen LogP contribution in [-0.4, -0.2) is 23.2 Å². The molecule has 0 heterocycles. The van der Waals surface area contributed by atoms with E-state index in [0.717, 1.165) is 0 Å². The molecule has 0 saturated heterocycles. The minimum atomic E-state index is -0.613. The summed E-state index contributed by atoms with van der Waals surface area (Å²) < 4.78 is 3.10. The van der Waals surface area contributed by atoms with Crippen molar-refractivity contribution in [2.75, 3.05) is 0 Å². The van der Waals surface area contributed by atoms with Gasteiger partial charge in [0.25, 0.3) is 0 Å². The van der Waals surface area contributed by atoms with Gasteiger partial charge in [0, 0.05) is 0 Å². The van der Waals surface area contributed by atoms with Crippen LogP contribution in [0.2, 0.25) is 0 Å². The van der Waals surface area contributed by atoms with Gasteiger partial charge in [-0.15, -0.1) is 12.4 Å². The van der Waals surface area contributed by atoms with Gasteiger partial charge in [0.1, 0.15) is 0 Å². The maximum absolute atomic E-state index is 2.24. The number of rotatable bonds is 2. The molecule has 0 aromatic heterocycles. The SMILES string of the molecule is Cl.c1cc[c]([Bi][c]2ccccc2)cc1. The fourth-order valence-electron chi connectivity index (χ4n) is 1.15. The fourth-order valence-corrected chi connectivity index (χ4v) is 4.81. The van der Waals surface area contributed by atoms with E-state index >= 15 is 0 Å². The molecule has 2 rings (SSSR count). The molecule has 1 radical (unpaired) electrons. The molecule has 0 nitrogen and oxygen atoms in total. The van der Waals surface area contributed by atoms with Crippen molar-refractivity contribution in [3.05, 3.63) is 60.7 Å². The van der Waals surface area contributed by atoms with Crippen molar-refractivity contribution in [3.8, 4) is 0 Å². The Morgan fingerprint density at radius 1 is 0.571 bits per heavy atom. The molecule has 0 N–H and O–H groups in total. The Balaban J connectivity index is 0.000000980. The zero-order valence-corrected chi connectivity index (χ0v) is 11.9. The minimum absolute atomic E-state index is 0. The number of hydrogen-bond donors (Lipinski definition) is 0. The van der Waals surface area contributed by atoms with Crippen LogP contribution in [0.1, 0.15) is 0 Å². The molecule has 0 atom stereocenters. The van der Waals surface area contributed by atoms with Crippen molar-refractivity contribution < 1.29 is 0 Å². The summed E-state index contributed by atoms with van der Waals surface area (Å²) in [7, 11) is 0. The molecule has 2 aromatic carbocycles. The van der Waals surface area contributed by atoms with Gasteiger partial charge in [0.2, 0.25) is 0 Å². The summed E-state index contributed by atoms with van der Waals surface area (Å²) in [6.07, 6.45) is 0. The van der Waals surface area contributed by atoms with E-state index in [0.29, 0.717) is 0 Å². The van der Waals surface area contributed by atoms with Crippen LogP contribution in [-0.2, 0) is 0 Å². The van der Waals surface area contributed by atoms with E-state index in [4.69, 9.17) is 0 Å². The molecule has 0 unspecified atom stereocenters. The van der Waals surface area contributed by atoms with Crippen LogP contribution in [0.5, 0.6) is 0 Å². The van der Waals surface area contributed by atoms with Crippen LogP contribution in [0.4, 0.5) is 0 Å². The summed E-state index contributed by atoms with van der Waals surface area (Å²) in [4.78, 5) is 0. The summed E-state index contributed by atoms with van der Waals surface area (Å²) in [6.45, 7) is 0. The Kier molecular flexibility index (Phi) is 5.14.